The summed E-state index contributed by atoms with van der Waals surface area (Å²) >= 11 is 0. The quantitative estimate of drug-likeness (QED) is 0.628. The van der Waals surface area contributed by atoms with Crippen molar-refractivity contribution in [2.75, 3.05) is 13.2 Å². The molecule has 1 atom stereocenters. The minimum Gasteiger partial charge on any atom is -0.381 e. The minimum absolute atomic E-state index is 0.465. The Labute approximate surface area is 71.8 Å². The third kappa shape index (κ3) is 1.61. The van der Waals surface area contributed by atoms with Gasteiger partial charge in [-0.15, -0.1) is 0 Å². The van der Waals surface area contributed by atoms with E-state index in [1.807, 2.05) is 12.1 Å². The highest BCUT2D eigenvalue weighted by atomic mass is 16.5. The Morgan fingerprint density at radius 2 is 2.50 bits per heavy atom. The molecule has 2 heterocycles. The summed E-state index contributed by atoms with van der Waals surface area (Å²) < 4.78 is 5.37. The smallest absolute Gasteiger partial charge is 0.0684 e. The molecule has 1 aromatic rings. The van der Waals surface area contributed by atoms with Crippen LogP contribution in [0.3, 0.4) is 0 Å². The molecule has 0 aromatic carbocycles. The van der Waals surface area contributed by atoms with Gasteiger partial charge in [-0.1, -0.05) is 0 Å². The first-order chi connectivity index (χ1) is 5.97. The summed E-state index contributed by atoms with van der Waals surface area (Å²) in [5, 5.41) is 7.93. The van der Waals surface area contributed by atoms with Crippen LogP contribution in [0.15, 0.2) is 18.3 Å². The SMILES string of the molecule is c1cnnc(C2CCCOC2)c1. The van der Waals surface area contributed by atoms with E-state index in [0.29, 0.717) is 5.92 Å². The van der Waals surface area contributed by atoms with Gasteiger partial charge in [0.2, 0.25) is 0 Å². The van der Waals surface area contributed by atoms with Gasteiger partial charge in [0, 0.05) is 18.7 Å². The van der Waals surface area contributed by atoms with E-state index in [4.69, 9.17) is 4.74 Å². The molecule has 0 N–H and O–H groups in total. The number of nitrogens with zero attached hydrogens (tertiary/aromatic N) is 2. The molecule has 0 bridgehead atoms. The molecule has 0 radical (unpaired) electrons. The molecular formula is C9H12N2O. The number of rotatable bonds is 1. The van der Waals surface area contributed by atoms with Gasteiger partial charge in [0.15, 0.2) is 0 Å². The molecule has 0 spiro atoms. The summed E-state index contributed by atoms with van der Waals surface area (Å²) in [5.41, 5.74) is 1.07. The normalized spacial score (nSPS) is 23.8. The van der Waals surface area contributed by atoms with Crippen molar-refractivity contribution in [3.8, 4) is 0 Å². The lowest BCUT2D eigenvalue weighted by Gasteiger charge is -2.20. The Morgan fingerprint density at radius 1 is 1.50 bits per heavy atom. The molecule has 1 saturated heterocycles. The predicted molar refractivity (Wildman–Crippen MR) is 44.8 cm³/mol. The maximum Gasteiger partial charge on any atom is 0.0684 e. The van der Waals surface area contributed by atoms with Gasteiger partial charge in [-0.2, -0.15) is 10.2 Å². The van der Waals surface area contributed by atoms with Gasteiger partial charge >= 0.3 is 0 Å². The second kappa shape index (κ2) is 3.63. The van der Waals surface area contributed by atoms with Crippen LogP contribution in [0.2, 0.25) is 0 Å². The first-order valence-electron chi connectivity index (χ1n) is 4.32. The van der Waals surface area contributed by atoms with E-state index in [0.717, 1.165) is 25.3 Å². The van der Waals surface area contributed by atoms with Crippen LogP contribution in [-0.4, -0.2) is 23.4 Å². The lowest BCUT2D eigenvalue weighted by Crippen LogP contribution is -2.16. The van der Waals surface area contributed by atoms with E-state index in [-0.39, 0.29) is 0 Å². The molecular weight excluding hydrogens is 152 g/mol. The number of hydrogen-bond donors (Lipinski definition) is 0. The van der Waals surface area contributed by atoms with Crippen molar-refractivity contribution in [2.45, 2.75) is 18.8 Å². The van der Waals surface area contributed by atoms with Gasteiger partial charge in [0.05, 0.1) is 12.3 Å². The fraction of sp³-hybridized carbons (Fsp3) is 0.556. The lowest BCUT2D eigenvalue weighted by atomic mass is 9.99. The van der Waals surface area contributed by atoms with Crippen LogP contribution < -0.4 is 0 Å². The Hall–Kier alpha value is -0.960. The van der Waals surface area contributed by atoms with Crippen molar-refractivity contribution >= 4 is 0 Å². The third-order valence-electron chi connectivity index (χ3n) is 2.17. The zero-order valence-corrected chi connectivity index (χ0v) is 6.94. The summed E-state index contributed by atoms with van der Waals surface area (Å²) in [4.78, 5) is 0. The minimum atomic E-state index is 0.465. The molecule has 1 fully saturated rings. The topological polar surface area (TPSA) is 35.0 Å². The molecule has 64 valence electrons. The van der Waals surface area contributed by atoms with E-state index in [1.54, 1.807) is 6.20 Å². The summed E-state index contributed by atoms with van der Waals surface area (Å²) in [6.45, 7) is 1.70. The van der Waals surface area contributed by atoms with Crippen LogP contribution in [0, 0.1) is 0 Å². The summed E-state index contributed by atoms with van der Waals surface area (Å²) in [6.07, 6.45) is 4.02. The Bertz CT molecular complexity index is 232. The summed E-state index contributed by atoms with van der Waals surface area (Å²) in [6, 6.07) is 3.95. The molecule has 1 aromatic heterocycles. The molecule has 2 rings (SSSR count). The lowest BCUT2D eigenvalue weighted by molar-refractivity contribution is 0.0790. The van der Waals surface area contributed by atoms with Crippen molar-refractivity contribution in [1.82, 2.24) is 10.2 Å². The van der Waals surface area contributed by atoms with Crippen LogP contribution >= 0.6 is 0 Å². The molecule has 1 aliphatic rings. The number of ether oxygens (including phenoxy) is 1. The van der Waals surface area contributed by atoms with Crippen LogP contribution in [-0.2, 0) is 4.74 Å². The van der Waals surface area contributed by atoms with Crippen molar-refractivity contribution in [2.24, 2.45) is 0 Å². The zero-order chi connectivity index (χ0) is 8.23. The highest BCUT2D eigenvalue weighted by molar-refractivity contribution is 5.06. The van der Waals surface area contributed by atoms with E-state index in [2.05, 4.69) is 10.2 Å². The average Bonchev–Trinajstić information content (AvgIpc) is 2.21. The van der Waals surface area contributed by atoms with E-state index in [1.165, 1.54) is 6.42 Å². The van der Waals surface area contributed by atoms with Gasteiger partial charge in [0.1, 0.15) is 0 Å². The first kappa shape index (κ1) is 7.68. The van der Waals surface area contributed by atoms with Crippen molar-refractivity contribution in [1.29, 1.82) is 0 Å². The highest BCUT2D eigenvalue weighted by Gasteiger charge is 2.16. The molecule has 3 nitrogen and oxygen atoms in total. The van der Waals surface area contributed by atoms with E-state index in [9.17, 15) is 0 Å². The molecule has 1 unspecified atom stereocenters. The van der Waals surface area contributed by atoms with Crippen LogP contribution in [0.4, 0.5) is 0 Å². The summed E-state index contributed by atoms with van der Waals surface area (Å²) in [7, 11) is 0. The van der Waals surface area contributed by atoms with Crippen LogP contribution in [0.1, 0.15) is 24.5 Å². The Kier molecular flexibility index (Phi) is 2.32. The van der Waals surface area contributed by atoms with Crippen molar-refractivity contribution < 1.29 is 4.74 Å². The Balaban J connectivity index is 2.08. The van der Waals surface area contributed by atoms with E-state index < -0.39 is 0 Å². The average molecular weight is 164 g/mol. The first-order valence-corrected chi connectivity index (χ1v) is 4.32. The predicted octanol–water partition coefficient (Wildman–Crippen LogP) is 1.37. The maximum atomic E-state index is 5.37. The van der Waals surface area contributed by atoms with E-state index >= 15 is 0 Å². The number of hydrogen-bond acceptors (Lipinski definition) is 3. The molecule has 3 heteroatoms. The maximum absolute atomic E-state index is 5.37. The third-order valence-corrected chi connectivity index (χ3v) is 2.17. The van der Waals surface area contributed by atoms with Gasteiger partial charge < -0.3 is 4.74 Å². The molecule has 1 aliphatic heterocycles. The monoisotopic (exact) mass is 164 g/mol. The Morgan fingerprint density at radius 3 is 3.17 bits per heavy atom. The molecule has 0 saturated carbocycles. The van der Waals surface area contributed by atoms with Crippen LogP contribution in [0.5, 0.6) is 0 Å². The van der Waals surface area contributed by atoms with Gasteiger partial charge in [-0.05, 0) is 25.0 Å². The summed E-state index contributed by atoms with van der Waals surface area (Å²) in [5.74, 6) is 0.465. The van der Waals surface area contributed by atoms with Crippen molar-refractivity contribution in [3.63, 3.8) is 0 Å². The van der Waals surface area contributed by atoms with Gasteiger partial charge in [-0.3, -0.25) is 0 Å². The highest BCUT2D eigenvalue weighted by Crippen LogP contribution is 2.22. The second-order valence-electron chi connectivity index (χ2n) is 3.06. The molecule has 0 aliphatic carbocycles. The fourth-order valence-corrected chi connectivity index (χ4v) is 1.51. The van der Waals surface area contributed by atoms with Crippen LogP contribution in [0.25, 0.3) is 0 Å². The second-order valence-corrected chi connectivity index (χ2v) is 3.06. The fourth-order valence-electron chi connectivity index (χ4n) is 1.51. The van der Waals surface area contributed by atoms with Gasteiger partial charge in [0.25, 0.3) is 0 Å². The molecule has 0 amide bonds. The zero-order valence-electron chi connectivity index (χ0n) is 6.94. The van der Waals surface area contributed by atoms with Gasteiger partial charge in [-0.25, -0.2) is 0 Å². The standard InChI is InChI=1S/C9H12N2O/c1-4-9(11-10-5-1)8-3-2-6-12-7-8/h1,4-5,8H,2-3,6-7H2. The number of aromatic nitrogens is 2. The molecule has 12 heavy (non-hydrogen) atoms. The largest absolute Gasteiger partial charge is 0.381 e. The van der Waals surface area contributed by atoms with Crippen molar-refractivity contribution in [3.05, 3.63) is 24.0 Å².